The molecular formula is C31H38N8O2S2. The number of carbonyl (C=O) groups excluding carboxylic acids is 1. The number of aryl methyl sites for hydroxylation is 1. The maximum atomic E-state index is 12.5. The van der Waals surface area contributed by atoms with Crippen LogP contribution in [0.2, 0.25) is 0 Å². The molecule has 0 bridgehead atoms. The quantitative estimate of drug-likeness (QED) is 0.333. The SMILES string of the molecule is C=CC(=O)N1CCN(c2cc(OCC3CCCN3C)nc(/C(N)=C/C(=S)C3CCCc4sc(N)c(C#N)c43)n2)CC12CC2. The number of anilines is 2. The number of nitrogen functional groups attached to an aromatic ring is 1. The number of amides is 1. The summed E-state index contributed by atoms with van der Waals surface area (Å²) in [5.74, 6) is 1.40. The van der Waals surface area contributed by atoms with Crippen LogP contribution in [0.4, 0.5) is 10.8 Å². The largest absolute Gasteiger partial charge is 0.476 e. The van der Waals surface area contributed by atoms with Gasteiger partial charge in [0.15, 0.2) is 5.82 Å². The van der Waals surface area contributed by atoms with Crippen LogP contribution in [0.25, 0.3) is 5.70 Å². The molecule has 43 heavy (non-hydrogen) atoms. The Hall–Kier alpha value is -3.53. The molecule has 6 rings (SSSR count). The van der Waals surface area contributed by atoms with E-state index in [2.05, 4.69) is 29.5 Å². The van der Waals surface area contributed by atoms with Crippen LogP contribution in [0.1, 0.15) is 66.3 Å². The molecule has 1 amide bonds. The number of aromatic nitrogens is 2. The summed E-state index contributed by atoms with van der Waals surface area (Å²) in [5, 5.41) is 10.3. The lowest BCUT2D eigenvalue weighted by atomic mass is 9.83. The van der Waals surface area contributed by atoms with Gasteiger partial charge in [-0.25, -0.2) is 4.98 Å². The van der Waals surface area contributed by atoms with Gasteiger partial charge in [-0.15, -0.1) is 11.3 Å². The van der Waals surface area contributed by atoms with Gasteiger partial charge in [0.05, 0.1) is 16.8 Å². The van der Waals surface area contributed by atoms with Crippen molar-refractivity contribution >= 4 is 50.8 Å². The van der Waals surface area contributed by atoms with Gasteiger partial charge < -0.3 is 30.9 Å². The van der Waals surface area contributed by atoms with Crippen molar-refractivity contribution in [1.82, 2.24) is 19.8 Å². The van der Waals surface area contributed by atoms with Crippen LogP contribution in [0.3, 0.4) is 0 Å². The Labute approximate surface area is 262 Å². The van der Waals surface area contributed by atoms with Crippen molar-refractivity contribution in [2.45, 2.75) is 62.4 Å². The molecule has 0 radical (unpaired) electrons. The number of thiocarbonyl (C=S) groups is 1. The second-order valence-electron chi connectivity index (χ2n) is 12.1. The molecule has 2 atom stereocenters. The van der Waals surface area contributed by atoms with E-state index in [0.717, 1.165) is 67.7 Å². The van der Waals surface area contributed by atoms with Crippen molar-refractivity contribution in [3.63, 3.8) is 0 Å². The summed E-state index contributed by atoms with van der Waals surface area (Å²) in [6, 6.07) is 4.50. The zero-order valence-electron chi connectivity index (χ0n) is 24.6. The molecule has 2 aliphatic heterocycles. The average Bonchev–Trinajstić information content (AvgIpc) is 3.50. The number of hydrogen-bond donors (Lipinski definition) is 2. The fraction of sp³-hybridized carbons (Fsp3) is 0.516. The Bertz CT molecular complexity index is 1520. The summed E-state index contributed by atoms with van der Waals surface area (Å²) in [6.07, 6.45) is 10.0. The predicted octanol–water partition coefficient (Wildman–Crippen LogP) is 3.62. The average molecular weight is 619 g/mol. The molecule has 2 aromatic rings. The van der Waals surface area contributed by atoms with E-state index in [9.17, 15) is 10.1 Å². The number of nitrogens with two attached hydrogens (primary N) is 2. The van der Waals surface area contributed by atoms with Crippen LogP contribution in [0.5, 0.6) is 5.88 Å². The topological polar surface area (TPSA) is 138 Å². The second kappa shape index (κ2) is 11.9. The van der Waals surface area contributed by atoms with Crippen LogP contribution < -0.4 is 21.1 Å². The van der Waals surface area contributed by atoms with Gasteiger partial charge in [0.1, 0.15) is 23.5 Å². The molecule has 0 aromatic carbocycles. The summed E-state index contributed by atoms with van der Waals surface area (Å²) in [4.78, 5) is 30.4. The van der Waals surface area contributed by atoms with Crippen molar-refractivity contribution < 1.29 is 9.53 Å². The molecule has 2 aromatic heterocycles. The van der Waals surface area contributed by atoms with Crippen molar-refractivity contribution in [1.29, 1.82) is 5.26 Å². The number of allylic oxidation sites excluding steroid dienone is 1. The zero-order valence-corrected chi connectivity index (χ0v) is 26.2. The number of likely N-dealkylation sites (tertiary alicyclic amines) is 1. The molecule has 3 fully saturated rings. The standard InChI is InChI=1S/C31H38N8O2S2/c1-3-27(40)39-13-12-38(18-31(39)9-10-31)25-15-26(41-17-19-6-5-11-37(19)2)36-30(35-25)22(33)14-23(42)20-7-4-8-24-28(20)21(16-32)29(34)43-24/h3,14-15,19-20H,1,4-13,17-18,33-34H2,2H3/b22-14-. The van der Waals surface area contributed by atoms with Gasteiger partial charge in [-0.3, -0.25) is 4.79 Å². The van der Waals surface area contributed by atoms with E-state index in [4.69, 9.17) is 38.4 Å². The Balaban J connectivity index is 1.29. The van der Waals surface area contributed by atoms with E-state index in [1.54, 1.807) is 6.08 Å². The van der Waals surface area contributed by atoms with Crippen molar-refractivity contribution in [2.75, 3.05) is 50.5 Å². The van der Waals surface area contributed by atoms with Crippen LogP contribution in [0, 0.1) is 11.3 Å². The third-order valence-corrected chi connectivity index (χ3v) is 10.8. The first-order chi connectivity index (χ1) is 20.7. The molecule has 1 saturated carbocycles. The van der Waals surface area contributed by atoms with Crippen LogP contribution in [-0.2, 0) is 11.2 Å². The van der Waals surface area contributed by atoms with E-state index in [-0.39, 0.29) is 17.4 Å². The number of likely N-dealkylation sites (N-methyl/N-ethyl adjacent to an activating group) is 1. The number of carbonyl (C=O) groups is 1. The minimum absolute atomic E-state index is 0.0243. The maximum Gasteiger partial charge on any atom is 0.246 e. The van der Waals surface area contributed by atoms with E-state index in [1.165, 1.54) is 17.4 Å². The molecule has 1 spiro atoms. The normalized spacial score (nSPS) is 23.1. The fourth-order valence-corrected chi connectivity index (χ4v) is 8.23. The smallest absolute Gasteiger partial charge is 0.246 e. The molecule has 4 aliphatic rings. The number of nitrogens with zero attached hydrogens (tertiary/aromatic N) is 6. The van der Waals surface area contributed by atoms with E-state index >= 15 is 0 Å². The van der Waals surface area contributed by atoms with Gasteiger partial charge in [-0.1, -0.05) is 18.8 Å². The predicted molar refractivity (Wildman–Crippen MR) is 173 cm³/mol. The lowest BCUT2D eigenvalue weighted by molar-refractivity contribution is -0.129. The first-order valence-corrected chi connectivity index (χ1v) is 16.2. The highest BCUT2D eigenvalue weighted by Gasteiger charge is 2.53. The number of ether oxygens (including phenoxy) is 1. The van der Waals surface area contributed by atoms with Crippen LogP contribution in [-0.4, -0.2) is 82.0 Å². The van der Waals surface area contributed by atoms with Crippen LogP contribution >= 0.6 is 23.6 Å². The molecule has 2 saturated heterocycles. The number of nitriles is 1. The molecule has 4 heterocycles. The van der Waals surface area contributed by atoms with Gasteiger partial charge in [-0.05, 0) is 76.3 Å². The molecule has 12 heteroatoms. The Morgan fingerprint density at radius 1 is 1.30 bits per heavy atom. The highest BCUT2D eigenvalue weighted by molar-refractivity contribution is 7.80. The summed E-state index contributed by atoms with van der Waals surface area (Å²) in [7, 11) is 2.12. The second-order valence-corrected chi connectivity index (χ2v) is 13.7. The molecule has 4 N–H and O–H groups in total. The monoisotopic (exact) mass is 618 g/mol. The molecular weight excluding hydrogens is 581 g/mol. The number of hydrogen-bond acceptors (Lipinski definition) is 11. The third kappa shape index (κ3) is 5.73. The summed E-state index contributed by atoms with van der Waals surface area (Å²) >= 11 is 7.39. The van der Waals surface area contributed by atoms with E-state index in [0.29, 0.717) is 65.1 Å². The minimum Gasteiger partial charge on any atom is -0.476 e. The molecule has 2 aliphatic carbocycles. The zero-order chi connectivity index (χ0) is 30.3. The van der Waals surface area contributed by atoms with Crippen LogP contribution in [0.15, 0.2) is 24.8 Å². The van der Waals surface area contributed by atoms with Gasteiger partial charge in [0, 0.05) is 47.4 Å². The van der Waals surface area contributed by atoms with Gasteiger partial charge >= 0.3 is 0 Å². The first kappa shape index (κ1) is 29.5. The number of rotatable bonds is 8. The van der Waals surface area contributed by atoms with E-state index < -0.39 is 0 Å². The Morgan fingerprint density at radius 3 is 2.81 bits per heavy atom. The third-order valence-electron chi connectivity index (χ3n) is 9.33. The number of piperazine rings is 1. The highest BCUT2D eigenvalue weighted by atomic mass is 32.1. The van der Waals surface area contributed by atoms with E-state index in [1.807, 2.05) is 11.0 Å². The van der Waals surface area contributed by atoms with Gasteiger partial charge in [0.25, 0.3) is 0 Å². The Morgan fingerprint density at radius 2 is 2.12 bits per heavy atom. The summed E-state index contributed by atoms with van der Waals surface area (Å²) in [5.41, 5.74) is 14.5. The number of thiophene rings is 1. The van der Waals surface area contributed by atoms with Crippen molar-refractivity contribution in [3.05, 3.63) is 46.6 Å². The lowest BCUT2D eigenvalue weighted by Gasteiger charge is -2.42. The number of fused-ring (bicyclic) bond motifs is 1. The summed E-state index contributed by atoms with van der Waals surface area (Å²) < 4.78 is 6.27. The molecule has 10 nitrogen and oxygen atoms in total. The Kier molecular flexibility index (Phi) is 8.15. The summed E-state index contributed by atoms with van der Waals surface area (Å²) in [6.45, 7) is 7.18. The van der Waals surface area contributed by atoms with Gasteiger partial charge in [0.2, 0.25) is 11.8 Å². The lowest BCUT2D eigenvalue weighted by Crippen LogP contribution is -2.57. The van der Waals surface area contributed by atoms with Crippen molar-refractivity contribution in [2.24, 2.45) is 5.73 Å². The fourth-order valence-electron chi connectivity index (χ4n) is 6.74. The van der Waals surface area contributed by atoms with Gasteiger partial charge in [-0.2, -0.15) is 10.2 Å². The molecule has 2 unspecified atom stereocenters. The maximum absolute atomic E-state index is 12.5. The van der Waals surface area contributed by atoms with Crippen molar-refractivity contribution in [3.8, 4) is 11.9 Å². The first-order valence-electron chi connectivity index (χ1n) is 15.0. The highest BCUT2D eigenvalue weighted by Crippen LogP contribution is 2.45. The molecule has 226 valence electrons. The minimum atomic E-state index is -0.190.